The predicted molar refractivity (Wildman–Crippen MR) is 75.4 cm³/mol. The smallest absolute Gasteiger partial charge is 0.161 e. The van der Waals surface area contributed by atoms with E-state index < -0.39 is 0 Å². The Morgan fingerprint density at radius 3 is 2.40 bits per heavy atom. The Balaban J connectivity index is 2.04. The first-order valence-electron chi connectivity index (χ1n) is 6.20. The first-order chi connectivity index (χ1) is 9.60. The standard InChI is InChI=1S/C16H16O4/c1-11(17)13-5-8-16(15(18)9-13)20-10-12-3-6-14(19-2)7-4-12/h3-9,18H,10H2,1-2H3. The van der Waals surface area contributed by atoms with Crippen LogP contribution in [0.5, 0.6) is 17.2 Å². The summed E-state index contributed by atoms with van der Waals surface area (Å²) in [5.41, 5.74) is 1.42. The molecule has 0 aliphatic carbocycles. The van der Waals surface area contributed by atoms with Crippen LogP contribution in [0.3, 0.4) is 0 Å². The number of phenolic OH excluding ortho intramolecular Hbond substituents is 1. The van der Waals surface area contributed by atoms with Gasteiger partial charge in [-0.05, 0) is 42.8 Å². The van der Waals surface area contributed by atoms with Gasteiger partial charge in [-0.25, -0.2) is 0 Å². The largest absolute Gasteiger partial charge is 0.504 e. The number of phenols is 1. The minimum absolute atomic E-state index is 0.0359. The van der Waals surface area contributed by atoms with E-state index in [2.05, 4.69) is 0 Å². The number of methoxy groups -OCH3 is 1. The molecule has 1 N–H and O–H groups in total. The van der Waals surface area contributed by atoms with Crippen molar-refractivity contribution in [3.63, 3.8) is 0 Å². The number of benzene rings is 2. The van der Waals surface area contributed by atoms with Crippen molar-refractivity contribution < 1.29 is 19.4 Å². The minimum atomic E-state index is -0.0954. The molecule has 104 valence electrons. The number of carbonyl (C=O) groups excluding carboxylic acids is 1. The molecule has 0 bridgehead atoms. The van der Waals surface area contributed by atoms with Crippen molar-refractivity contribution in [2.75, 3.05) is 7.11 Å². The van der Waals surface area contributed by atoms with Crippen molar-refractivity contribution >= 4 is 5.78 Å². The van der Waals surface area contributed by atoms with E-state index in [1.165, 1.54) is 13.0 Å². The maximum atomic E-state index is 11.2. The number of rotatable bonds is 5. The van der Waals surface area contributed by atoms with Crippen LogP contribution in [-0.4, -0.2) is 18.0 Å². The number of Topliss-reactive ketones (excluding diaryl/α,β-unsaturated/α-hetero) is 1. The summed E-state index contributed by atoms with van der Waals surface area (Å²) in [6.45, 7) is 1.78. The molecule has 0 aliphatic heterocycles. The van der Waals surface area contributed by atoms with Crippen molar-refractivity contribution in [1.82, 2.24) is 0 Å². The zero-order valence-corrected chi connectivity index (χ0v) is 11.4. The fourth-order valence-corrected chi connectivity index (χ4v) is 1.74. The van der Waals surface area contributed by atoms with Gasteiger partial charge in [-0.2, -0.15) is 0 Å². The van der Waals surface area contributed by atoms with Crippen LogP contribution >= 0.6 is 0 Å². The zero-order valence-electron chi connectivity index (χ0n) is 11.4. The van der Waals surface area contributed by atoms with Gasteiger partial charge in [0.15, 0.2) is 17.3 Å². The Bertz CT molecular complexity index is 602. The van der Waals surface area contributed by atoms with Crippen LogP contribution in [0, 0.1) is 0 Å². The molecule has 0 fully saturated rings. The van der Waals surface area contributed by atoms with E-state index in [0.717, 1.165) is 11.3 Å². The summed E-state index contributed by atoms with van der Waals surface area (Å²) in [5, 5.41) is 9.80. The highest BCUT2D eigenvalue weighted by Gasteiger charge is 2.07. The summed E-state index contributed by atoms with van der Waals surface area (Å²) in [6.07, 6.45) is 0. The quantitative estimate of drug-likeness (QED) is 0.849. The number of hydrogen-bond donors (Lipinski definition) is 1. The third-order valence-electron chi connectivity index (χ3n) is 2.92. The highest BCUT2D eigenvalue weighted by molar-refractivity contribution is 5.94. The summed E-state index contributed by atoms with van der Waals surface area (Å²) < 4.78 is 10.6. The highest BCUT2D eigenvalue weighted by Crippen LogP contribution is 2.28. The SMILES string of the molecule is COc1ccc(COc2ccc(C(C)=O)cc2O)cc1. The molecule has 2 aromatic rings. The molecule has 0 radical (unpaired) electrons. The maximum Gasteiger partial charge on any atom is 0.161 e. The number of carbonyl (C=O) groups is 1. The molecule has 2 aromatic carbocycles. The molecule has 0 saturated carbocycles. The van der Waals surface area contributed by atoms with Gasteiger partial charge >= 0.3 is 0 Å². The van der Waals surface area contributed by atoms with Crippen LogP contribution in [-0.2, 0) is 6.61 Å². The molecule has 2 rings (SSSR count). The second-order valence-corrected chi connectivity index (χ2v) is 4.38. The molecule has 0 atom stereocenters. The monoisotopic (exact) mass is 272 g/mol. The van der Waals surface area contributed by atoms with Crippen LogP contribution < -0.4 is 9.47 Å². The van der Waals surface area contributed by atoms with Gasteiger partial charge in [0.2, 0.25) is 0 Å². The van der Waals surface area contributed by atoms with Gasteiger partial charge in [0.25, 0.3) is 0 Å². The molecule has 0 amide bonds. The molecule has 4 nitrogen and oxygen atoms in total. The van der Waals surface area contributed by atoms with E-state index in [0.29, 0.717) is 17.9 Å². The fraction of sp³-hybridized carbons (Fsp3) is 0.188. The van der Waals surface area contributed by atoms with Gasteiger partial charge in [-0.1, -0.05) is 12.1 Å². The van der Waals surface area contributed by atoms with Crippen LogP contribution in [0.25, 0.3) is 0 Å². The van der Waals surface area contributed by atoms with E-state index in [1.54, 1.807) is 19.2 Å². The second kappa shape index (κ2) is 6.10. The third kappa shape index (κ3) is 3.29. The predicted octanol–water partition coefficient (Wildman–Crippen LogP) is 3.18. The van der Waals surface area contributed by atoms with Gasteiger partial charge in [0, 0.05) is 5.56 Å². The summed E-state index contributed by atoms with van der Waals surface area (Å²) in [4.78, 5) is 11.2. The Kier molecular flexibility index (Phi) is 4.25. The van der Waals surface area contributed by atoms with E-state index >= 15 is 0 Å². The highest BCUT2D eigenvalue weighted by atomic mass is 16.5. The molecule has 0 spiro atoms. The number of ether oxygens (including phenoxy) is 2. The summed E-state index contributed by atoms with van der Waals surface area (Å²) in [5.74, 6) is 1.00. The lowest BCUT2D eigenvalue weighted by Crippen LogP contribution is -1.97. The average Bonchev–Trinajstić information content (AvgIpc) is 2.46. The first-order valence-corrected chi connectivity index (χ1v) is 6.20. The van der Waals surface area contributed by atoms with Gasteiger partial charge in [0.05, 0.1) is 7.11 Å². The van der Waals surface area contributed by atoms with Crippen LogP contribution in [0.4, 0.5) is 0 Å². The van der Waals surface area contributed by atoms with Gasteiger partial charge in [0.1, 0.15) is 12.4 Å². The number of hydrogen-bond acceptors (Lipinski definition) is 4. The van der Waals surface area contributed by atoms with Crippen molar-refractivity contribution in [2.24, 2.45) is 0 Å². The Morgan fingerprint density at radius 2 is 1.85 bits per heavy atom. The van der Waals surface area contributed by atoms with Crippen LogP contribution in [0.15, 0.2) is 42.5 Å². The summed E-state index contributed by atoms with van der Waals surface area (Å²) in [6, 6.07) is 12.1. The molecule has 0 aliphatic rings. The van der Waals surface area contributed by atoms with Crippen LogP contribution in [0.1, 0.15) is 22.8 Å². The maximum absolute atomic E-state index is 11.2. The van der Waals surface area contributed by atoms with E-state index in [-0.39, 0.29) is 11.5 Å². The van der Waals surface area contributed by atoms with Crippen molar-refractivity contribution in [1.29, 1.82) is 0 Å². The van der Waals surface area contributed by atoms with E-state index in [4.69, 9.17) is 9.47 Å². The Labute approximate surface area is 117 Å². The summed E-state index contributed by atoms with van der Waals surface area (Å²) in [7, 11) is 1.61. The van der Waals surface area contributed by atoms with Gasteiger partial charge < -0.3 is 14.6 Å². The topological polar surface area (TPSA) is 55.8 Å². The lowest BCUT2D eigenvalue weighted by atomic mass is 10.1. The molecule has 0 unspecified atom stereocenters. The second-order valence-electron chi connectivity index (χ2n) is 4.38. The molecule has 0 saturated heterocycles. The minimum Gasteiger partial charge on any atom is -0.504 e. The summed E-state index contributed by atoms with van der Waals surface area (Å²) >= 11 is 0. The Morgan fingerprint density at radius 1 is 1.15 bits per heavy atom. The fourth-order valence-electron chi connectivity index (χ4n) is 1.74. The lowest BCUT2D eigenvalue weighted by molar-refractivity contribution is 0.101. The van der Waals surface area contributed by atoms with Gasteiger partial charge in [-0.3, -0.25) is 4.79 Å². The normalized spacial score (nSPS) is 10.1. The third-order valence-corrected chi connectivity index (χ3v) is 2.92. The molecule has 20 heavy (non-hydrogen) atoms. The van der Waals surface area contributed by atoms with Gasteiger partial charge in [-0.15, -0.1) is 0 Å². The Hall–Kier alpha value is -2.49. The molecule has 0 heterocycles. The van der Waals surface area contributed by atoms with E-state index in [9.17, 15) is 9.90 Å². The van der Waals surface area contributed by atoms with Crippen molar-refractivity contribution in [3.8, 4) is 17.2 Å². The average molecular weight is 272 g/mol. The molecule has 0 aromatic heterocycles. The number of ketones is 1. The van der Waals surface area contributed by atoms with Crippen molar-refractivity contribution in [2.45, 2.75) is 13.5 Å². The first kappa shape index (κ1) is 13.9. The van der Waals surface area contributed by atoms with Crippen LogP contribution in [0.2, 0.25) is 0 Å². The number of aromatic hydroxyl groups is 1. The zero-order chi connectivity index (χ0) is 14.5. The van der Waals surface area contributed by atoms with E-state index in [1.807, 2.05) is 24.3 Å². The molecule has 4 heteroatoms. The molecular weight excluding hydrogens is 256 g/mol. The molecular formula is C16H16O4. The van der Waals surface area contributed by atoms with Crippen molar-refractivity contribution in [3.05, 3.63) is 53.6 Å². The lowest BCUT2D eigenvalue weighted by Gasteiger charge is -2.09.